The largest absolute Gasteiger partial charge is 0.465 e. The lowest BCUT2D eigenvalue weighted by Gasteiger charge is -2.14. The molecule has 2 aromatic rings. The quantitative estimate of drug-likeness (QED) is 0.852. The van der Waals surface area contributed by atoms with Gasteiger partial charge in [0.25, 0.3) is 0 Å². The van der Waals surface area contributed by atoms with Crippen LogP contribution < -0.4 is 5.73 Å². The number of aromatic nitrogens is 1. The fraction of sp³-hybridized carbons (Fsp3) is 0.250. The Balaban J connectivity index is 2.69. The maximum Gasteiger partial charge on any atom is 0.338 e. The molecule has 1 aromatic carbocycles. The Morgan fingerprint density at radius 1 is 1.25 bits per heavy atom. The van der Waals surface area contributed by atoms with E-state index in [1.54, 1.807) is 6.07 Å². The molecule has 0 aliphatic heterocycles. The van der Waals surface area contributed by atoms with Gasteiger partial charge in [0, 0.05) is 11.3 Å². The lowest BCUT2D eigenvalue weighted by Crippen LogP contribution is -2.06. The van der Waals surface area contributed by atoms with Crippen LogP contribution in [-0.4, -0.2) is 18.1 Å². The molecule has 1 heterocycles. The van der Waals surface area contributed by atoms with Gasteiger partial charge in [0.1, 0.15) is 5.82 Å². The summed E-state index contributed by atoms with van der Waals surface area (Å²) in [5, 5.41) is 0. The first-order valence-electron chi connectivity index (χ1n) is 6.37. The second-order valence-electron chi connectivity index (χ2n) is 4.79. The number of rotatable bonds is 2. The van der Waals surface area contributed by atoms with E-state index in [2.05, 4.69) is 4.98 Å². The summed E-state index contributed by atoms with van der Waals surface area (Å²) in [6.07, 6.45) is 0. The lowest BCUT2D eigenvalue weighted by molar-refractivity contribution is 0.0600. The fourth-order valence-corrected chi connectivity index (χ4v) is 2.51. The predicted octanol–water partition coefficient (Wildman–Crippen LogP) is 3.04. The molecule has 0 atom stereocenters. The first-order chi connectivity index (χ1) is 9.45. The average Bonchev–Trinajstić information content (AvgIpc) is 2.38. The summed E-state index contributed by atoms with van der Waals surface area (Å²) >= 11 is 0. The van der Waals surface area contributed by atoms with E-state index >= 15 is 0 Å². The van der Waals surface area contributed by atoms with Crippen molar-refractivity contribution in [2.75, 3.05) is 12.8 Å². The molecular formula is C16H18N2O2. The third kappa shape index (κ3) is 2.37. The van der Waals surface area contributed by atoms with Crippen molar-refractivity contribution >= 4 is 11.8 Å². The minimum atomic E-state index is -0.330. The summed E-state index contributed by atoms with van der Waals surface area (Å²) in [4.78, 5) is 16.1. The summed E-state index contributed by atoms with van der Waals surface area (Å²) in [7, 11) is 1.38. The molecule has 20 heavy (non-hydrogen) atoms. The van der Waals surface area contributed by atoms with Gasteiger partial charge < -0.3 is 10.5 Å². The Kier molecular flexibility index (Phi) is 3.74. The number of methoxy groups -OCH3 is 1. The Hall–Kier alpha value is -2.36. The maximum absolute atomic E-state index is 11.8. The van der Waals surface area contributed by atoms with Crippen LogP contribution in [0.3, 0.4) is 0 Å². The summed E-state index contributed by atoms with van der Waals surface area (Å²) in [6, 6.07) is 7.44. The van der Waals surface area contributed by atoms with Gasteiger partial charge in [0.15, 0.2) is 0 Å². The summed E-state index contributed by atoms with van der Waals surface area (Å²) in [5.41, 5.74) is 11.1. The molecule has 0 fully saturated rings. The smallest absolute Gasteiger partial charge is 0.338 e. The van der Waals surface area contributed by atoms with Crippen LogP contribution in [0.1, 0.15) is 27.2 Å². The maximum atomic E-state index is 11.8. The number of pyridine rings is 1. The molecule has 2 N–H and O–H groups in total. The molecule has 0 unspecified atom stereocenters. The molecule has 0 amide bonds. The lowest BCUT2D eigenvalue weighted by atomic mass is 9.93. The zero-order valence-corrected chi connectivity index (χ0v) is 12.2. The number of ether oxygens (including phenoxy) is 1. The molecule has 1 aromatic heterocycles. The Morgan fingerprint density at radius 3 is 2.55 bits per heavy atom. The van der Waals surface area contributed by atoms with E-state index < -0.39 is 0 Å². The van der Waals surface area contributed by atoms with Gasteiger partial charge in [-0.05, 0) is 49.6 Å². The second-order valence-corrected chi connectivity index (χ2v) is 4.79. The van der Waals surface area contributed by atoms with Crippen LogP contribution in [0.5, 0.6) is 0 Å². The summed E-state index contributed by atoms with van der Waals surface area (Å²) in [6.45, 7) is 5.82. The topological polar surface area (TPSA) is 65.2 Å². The van der Waals surface area contributed by atoms with Crippen molar-refractivity contribution in [3.63, 3.8) is 0 Å². The van der Waals surface area contributed by atoms with Crippen molar-refractivity contribution < 1.29 is 9.53 Å². The predicted molar refractivity (Wildman–Crippen MR) is 79.6 cm³/mol. The van der Waals surface area contributed by atoms with Gasteiger partial charge >= 0.3 is 5.97 Å². The van der Waals surface area contributed by atoms with Crippen LogP contribution in [-0.2, 0) is 4.74 Å². The normalized spacial score (nSPS) is 10.4. The third-order valence-electron chi connectivity index (χ3n) is 3.43. The second kappa shape index (κ2) is 5.33. The van der Waals surface area contributed by atoms with Crippen molar-refractivity contribution in [3.8, 4) is 11.1 Å². The van der Waals surface area contributed by atoms with Crippen LogP contribution >= 0.6 is 0 Å². The van der Waals surface area contributed by atoms with Gasteiger partial charge in [0.05, 0.1) is 12.7 Å². The molecule has 2 rings (SSSR count). The van der Waals surface area contributed by atoms with Crippen molar-refractivity contribution in [1.82, 2.24) is 4.98 Å². The molecule has 4 nitrogen and oxygen atoms in total. The molecule has 0 radical (unpaired) electrons. The van der Waals surface area contributed by atoms with Gasteiger partial charge in [-0.1, -0.05) is 12.1 Å². The number of hydrogen-bond donors (Lipinski definition) is 1. The number of aryl methyl sites for hydroxylation is 2. The molecule has 0 bridgehead atoms. The van der Waals surface area contributed by atoms with Crippen molar-refractivity contribution in [2.45, 2.75) is 20.8 Å². The molecule has 0 saturated heterocycles. The first kappa shape index (κ1) is 14.1. The highest BCUT2D eigenvalue weighted by Gasteiger charge is 2.16. The van der Waals surface area contributed by atoms with E-state index in [1.807, 2.05) is 39.0 Å². The van der Waals surface area contributed by atoms with Crippen LogP contribution in [0.25, 0.3) is 11.1 Å². The van der Waals surface area contributed by atoms with Gasteiger partial charge in [-0.15, -0.1) is 0 Å². The molecule has 0 saturated carbocycles. The zero-order chi connectivity index (χ0) is 14.9. The number of hydrogen-bond acceptors (Lipinski definition) is 4. The fourth-order valence-electron chi connectivity index (χ4n) is 2.51. The molecular weight excluding hydrogens is 252 g/mol. The van der Waals surface area contributed by atoms with E-state index in [1.165, 1.54) is 7.11 Å². The van der Waals surface area contributed by atoms with Gasteiger partial charge in [-0.3, -0.25) is 0 Å². The van der Waals surface area contributed by atoms with Crippen LogP contribution in [0.4, 0.5) is 5.82 Å². The van der Waals surface area contributed by atoms with E-state index in [-0.39, 0.29) is 5.97 Å². The molecule has 4 heteroatoms. The zero-order valence-electron chi connectivity index (χ0n) is 12.2. The van der Waals surface area contributed by atoms with Crippen molar-refractivity contribution in [3.05, 3.63) is 46.6 Å². The van der Waals surface area contributed by atoms with Gasteiger partial charge in [-0.2, -0.15) is 0 Å². The van der Waals surface area contributed by atoms with E-state index in [0.29, 0.717) is 11.4 Å². The van der Waals surface area contributed by atoms with Crippen molar-refractivity contribution in [2.24, 2.45) is 0 Å². The van der Waals surface area contributed by atoms with E-state index in [0.717, 1.165) is 27.9 Å². The number of benzene rings is 1. The number of nitrogen functional groups attached to an aromatic ring is 1. The highest BCUT2D eigenvalue weighted by molar-refractivity contribution is 5.93. The monoisotopic (exact) mass is 270 g/mol. The van der Waals surface area contributed by atoms with Crippen LogP contribution in [0, 0.1) is 20.8 Å². The molecule has 0 spiro atoms. The minimum Gasteiger partial charge on any atom is -0.465 e. The number of esters is 1. The number of nitrogens with two attached hydrogens (primary N) is 1. The molecule has 0 aliphatic rings. The minimum absolute atomic E-state index is 0.330. The first-order valence-corrected chi connectivity index (χ1v) is 6.37. The van der Waals surface area contributed by atoms with Gasteiger partial charge in [-0.25, -0.2) is 9.78 Å². The Labute approximate surface area is 118 Å². The number of anilines is 1. The van der Waals surface area contributed by atoms with E-state index in [9.17, 15) is 4.79 Å². The highest BCUT2D eigenvalue weighted by atomic mass is 16.5. The number of nitrogens with zero attached hydrogens (tertiary/aromatic N) is 1. The van der Waals surface area contributed by atoms with Gasteiger partial charge in [0.2, 0.25) is 0 Å². The Bertz CT molecular complexity index is 655. The van der Waals surface area contributed by atoms with Crippen molar-refractivity contribution in [1.29, 1.82) is 0 Å². The third-order valence-corrected chi connectivity index (χ3v) is 3.43. The molecule has 104 valence electrons. The van der Waals surface area contributed by atoms with E-state index in [4.69, 9.17) is 10.5 Å². The summed E-state index contributed by atoms with van der Waals surface area (Å²) < 4.78 is 4.81. The number of carbonyl (C=O) groups is 1. The average molecular weight is 270 g/mol. The SMILES string of the molecule is COC(=O)c1cccc(-c2c(C)cc(N)nc2C)c1C. The van der Waals surface area contributed by atoms with Crippen LogP contribution in [0.2, 0.25) is 0 Å². The van der Waals surface area contributed by atoms with Crippen LogP contribution in [0.15, 0.2) is 24.3 Å². The Morgan fingerprint density at radius 2 is 1.95 bits per heavy atom. The molecule has 0 aliphatic carbocycles. The summed E-state index contributed by atoms with van der Waals surface area (Å²) in [5.74, 6) is 0.175. The standard InChI is InChI=1S/C16H18N2O2/c1-9-8-14(17)18-11(3)15(9)12-6-5-7-13(10(12)2)16(19)20-4/h5-8H,1-4H3,(H2,17,18). The highest BCUT2D eigenvalue weighted by Crippen LogP contribution is 2.31. The number of carbonyl (C=O) groups excluding carboxylic acids is 1.